The molecule has 29 heavy (non-hydrogen) atoms. The molecule has 0 saturated carbocycles. The fraction of sp³-hybridized carbons (Fsp3) is 0.250. The van der Waals surface area contributed by atoms with Crippen LogP contribution >= 0.6 is 11.8 Å². The Hall–Kier alpha value is -3.07. The van der Waals surface area contributed by atoms with Crippen molar-refractivity contribution in [2.45, 2.75) is 19.0 Å². The minimum absolute atomic E-state index is 0.107. The molecule has 3 rings (SSSR count). The van der Waals surface area contributed by atoms with Gasteiger partial charge in [-0.1, -0.05) is 41.6 Å². The van der Waals surface area contributed by atoms with Gasteiger partial charge in [0, 0.05) is 0 Å². The van der Waals surface area contributed by atoms with Crippen LogP contribution in [0.4, 0.5) is 4.39 Å². The van der Waals surface area contributed by atoms with Crippen LogP contribution in [0.5, 0.6) is 5.75 Å². The summed E-state index contributed by atoms with van der Waals surface area (Å²) in [6.45, 7) is 4.75. The molecule has 0 fully saturated rings. The van der Waals surface area contributed by atoms with E-state index >= 15 is 0 Å². The lowest BCUT2D eigenvalue weighted by Gasteiger charge is -2.10. The average Bonchev–Trinajstić information content (AvgIpc) is 3.05. The summed E-state index contributed by atoms with van der Waals surface area (Å²) in [5, 5.41) is 11.0. The quantitative estimate of drug-likeness (QED) is 0.334. The van der Waals surface area contributed by atoms with Crippen LogP contribution in [0.15, 0.2) is 47.6 Å². The fourth-order valence-electron chi connectivity index (χ4n) is 2.70. The Bertz CT molecular complexity index is 1010. The standard InChI is InChI=1S/C20H22FN5O2S/c1-13-7-8-17(14(2)11-13)28-10-9-23-18(27)12-29-20-25-24-19(26(20)22)15-5-3-4-6-16(15)21/h3-8,11H,9-10,12,22H2,1-2H3,(H,23,27). The molecule has 9 heteroatoms. The van der Waals surface area contributed by atoms with Crippen LogP contribution in [0.1, 0.15) is 11.1 Å². The summed E-state index contributed by atoms with van der Waals surface area (Å²) in [6, 6.07) is 12.1. The van der Waals surface area contributed by atoms with Crippen molar-refractivity contribution in [1.82, 2.24) is 20.2 Å². The van der Waals surface area contributed by atoms with Gasteiger partial charge in [-0.05, 0) is 37.6 Å². The van der Waals surface area contributed by atoms with Gasteiger partial charge in [-0.3, -0.25) is 4.79 Å². The van der Waals surface area contributed by atoms with Crippen molar-refractivity contribution in [2.24, 2.45) is 0 Å². The van der Waals surface area contributed by atoms with E-state index < -0.39 is 5.82 Å². The molecule has 2 aromatic carbocycles. The minimum Gasteiger partial charge on any atom is -0.491 e. The van der Waals surface area contributed by atoms with E-state index in [0.29, 0.717) is 18.3 Å². The van der Waals surface area contributed by atoms with Gasteiger partial charge < -0.3 is 15.9 Å². The Balaban J connectivity index is 1.46. The van der Waals surface area contributed by atoms with E-state index in [1.807, 2.05) is 32.0 Å². The zero-order valence-corrected chi connectivity index (χ0v) is 17.0. The van der Waals surface area contributed by atoms with Crippen LogP contribution in [0.25, 0.3) is 11.4 Å². The number of hydrogen-bond acceptors (Lipinski definition) is 6. The molecule has 0 unspecified atom stereocenters. The highest BCUT2D eigenvalue weighted by Gasteiger charge is 2.16. The van der Waals surface area contributed by atoms with Gasteiger partial charge in [-0.2, -0.15) is 0 Å². The number of carbonyl (C=O) groups is 1. The lowest BCUT2D eigenvalue weighted by molar-refractivity contribution is -0.118. The molecule has 0 aliphatic heterocycles. The van der Waals surface area contributed by atoms with Gasteiger partial charge in [0.25, 0.3) is 0 Å². The summed E-state index contributed by atoms with van der Waals surface area (Å²) in [5.41, 5.74) is 2.48. The molecule has 7 nitrogen and oxygen atoms in total. The highest BCUT2D eigenvalue weighted by molar-refractivity contribution is 7.99. The monoisotopic (exact) mass is 415 g/mol. The van der Waals surface area contributed by atoms with E-state index in [-0.39, 0.29) is 23.0 Å². The van der Waals surface area contributed by atoms with Crippen molar-refractivity contribution in [2.75, 3.05) is 24.7 Å². The van der Waals surface area contributed by atoms with Crippen LogP contribution in [0, 0.1) is 19.7 Å². The third-order valence-electron chi connectivity index (χ3n) is 4.12. The second kappa shape index (κ2) is 9.42. The molecule has 1 heterocycles. The number of rotatable bonds is 8. The normalized spacial score (nSPS) is 10.7. The number of aryl methyl sites for hydroxylation is 2. The van der Waals surface area contributed by atoms with Gasteiger partial charge in [-0.15, -0.1) is 10.2 Å². The number of hydrogen-bond donors (Lipinski definition) is 2. The van der Waals surface area contributed by atoms with Crippen molar-refractivity contribution >= 4 is 17.7 Å². The number of amides is 1. The third-order valence-corrected chi connectivity index (χ3v) is 5.07. The average molecular weight is 415 g/mol. The zero-order chi connectivity index (χ0) is 20.8. The fourth-order valence-corrected chi connectivity index (χ4v) is 3.38. The zero-order valence-electron chi connectivity index (χ0n) is 16.2. The predicted molar refractivity (Wildman–Crippen MR) is 111 cm³/mol. The SMILES string of the molecule is Cc1ccc(OCCNC(=O)CSc2nnc(-c3ccccc3F)n2N)c(C)c1. The van der Waals surface area contributed by atoms with Gasteiger partial charge in [0.2, 0.25) is 11.1 Å². The molecule has 3 N–H and O–H groups in total. The summed E-state index contributed by atoms with van der Waals surface area (Å²) in [6.07, 6.45) is 0. The smallest absolute Gasteiger partial charge is 0.230 e. The summed E-state index contributed by atoms with van der Waals surface area (Å²) >= 11 is 1.12. The molecule has 0 saturated heterocycles. The Morgan fingerprint density at radius 2 is 2.03 bits per heavy atom. The first-order valence-electron chi connectivity index (χ1n) is 9.00. The van der Waals surface area contributed by atoms with E-state index in [1.165, 1.54) is 16.3 Å². The highest BCUT2D eigenvalue weighted by Crippen LogP contribution is 2.23. The third kappa shape index (κ3) is 5.26. The maximum Gasteiger partial charge on any atom is 0.230 e. The molecule has 0 spiro atoms. The maximum absolute atomic E-state index is 13.9. The summed E-state index contributed by atoms with van der Waals surface area (Å²) in [4.78, 5) is 12.0. The van der Waals surface area contributed by atoms with Crippen molar-refractivity contribution in [3.05, 3.63) is 59.4 Å². The number of aromatic nitrogens is 3. The van der Waals surface area contributed by atoms with Crippen LogP contribution < -0.4 is 15.9 Å². The molecule has 1 amide bonds. The number of nitrogens with one attached hydrogen (secondary N) is 1. The topological polar surface area (TPSA) is 95.1 Å². The van der Waals surface area contributed by atoms with Crippen molar-refractivity contribution in [1.29, 1.82) is 0 Å². The number of nitrogens with two attached hydrogens (primary N) is 1. The first-order chi connectivity index (χ1) is 14.0. The Kier molecular flexibility index (Phi) is 6.71. The number of nitrogens with zero attached hydrogens (tertiary/aromatic N) is 3. The Labute approximate surface area is 172 Å². The van der Waals surface area contributed by atoms with Gasteiger partial charge in [0.05, 0.1) is 17.9 Å². The first kappa shape index (κ1) is 20.7. The van der Waals surface area contributed by atoms with E-state index in [2.05, 4.69) is 15.5 Å². The van der Waals surface area contributed by atoms with Gasteiger partial charge >= 0.3 is 0 Å². The van der Waals surface area contributed by atoms with Crippen molar-refractivity contribution < 1.29 is 13.9 Å². The molecule has 0 aliphatic rings. The number of halogens is 1. The molecular formula is C20H22FN5O2S. The van der Waals surface area contributed by atoms with E-state index in [4.69, 9.17) is 10.6 Å². The largest absolute Gasteiger partial charge is 0.491 e. The molecule has 0 atom stereocenters. The highest BCUT2D eigenvalue weighted by atomic mass is 32.2. The molecular weight excluding hydrogens is 393 g/mol. The number of nitrogen functional groups attached to an aromatic ring is 1. The lowest BCUT2D eigenvalue weighted by Crippen LogP contribution is -2.29. The molecule has 0 radical (unpaired) electrons. The second-order valence-corrected chi connectivity index (χ2v) is 7.35. The Morgan fingerprint density at radius 1 is 1.24 bits per heavy atom. The summed E-state index contributed by atoms with van der Waals surface area (Å²) in [7, 11) is 0. The van der Waals surface area contributed by atoms with E-state index in [9.17, 15) is 9.18 Å². The summed E-state index contributed by atoms with van der Waals surface area (Å²) < 4.78 is 20.8. The van der Waals surface area contributed by atoms with Crippen LogP contribution in [0.3, 0.4) is 0 Å². The lowest BCUT2D eigenvalue weighted by atomic mass is 10.1. The number of ether oxygens (including phenoxy) is 1. The van der Waals surface area contributed by atoms with Gasteiger partial charge in [-0.25, -0.2) is 9.07 Å². The maximum atomic E-state index is 13.9. The molecule has 0 bridgehead atoms. The Morgan fingerprint density at radius 3 is 2.79 bits per heavy atom. The van der Waals surface area contributed by atoms with Crippen molar-refractivity contribution in [3.8, 4) is 17.1 Å². The van der Waals surface area contributed by atoms with Crippen LogP contribution in [-0.2, 0) is 4.79 Å². The second-order valence-electron chi connectivity index (χ2n) is 6.41. The van der Waals surface area contributed by atoms with Crippen LogP contribution in [-0.4, -0.2) is 39.7 Å². The minimum atomic E-state index is -0.440. The number of thioether (sulfide) groups is 1. The number of benzene rings is 2. The van der Waals surface area contributed by atoms with E-state index in [0.717, 1.165) is 23.1 Å². The molecule has 1 aromatic heterocycles. The predicted octanol–water partition coefficient (Wildman–Crippen LogP) is 2.70. The van der Waals surface area contributed by atoms with E-state index in [1.54, 1.807) is 18.2 Å². The van der Waals surface area contributed by atoms with Gasteiger partial charge in [0.15, 0.2) is 5.82 Å². The first-order valence-corrected chi connectivity index (χ1v) is 9.99. The summed E-state index contributed by atoms with van der Waals surface area (Å²) in [5.74, 6) is 6.44. The molecule has 0 aliphatic carbocycles. The number of carbonyl (C=O) groups excluding carboxylic acids is 1. The van der Waals surface area contributed by atoms with Gasteiger partial charge in [0.1, 0.15) is 18.2 Å². The molecule has 3 aromatic rings. The van der Waals surface area contributed by atoms with Crippen LogP contribution in [0.2, 0.25) is 0 Å². The van der Waals surface area contributed by atoms with Crippen molar-refractivity contribution in [3.63, 3.8) is 0 Å². The molecule has 152 valence electrons.